The van der Waals surface area contributed by atoms with Crippen LogP contribution >= 0.6 is 23.2 Å². The Labute approximate surface area is 164 Å². The zero-order valence-electron chi connectivity index (χ0n) is 15.3. The van der Waals surface area contributed by atoms with Gasteiger partial charge in [-0.2, -0.15) is 0 Å². The molecule has 0 bridgehead atoms. The van der Waals surface area contributed by atoms with Gasteiger partial charge in [0.15, 0.2) is 0 Å². The molecule has 134 valence electrons. The van der Waals surface area contributed by atoms with Crippen LogP contribution in [0, 0.1) is 6.92 Å². The van der Waals surface area contributed by atoms with Gasteiger partial charge in [-0.3, -0.25) is 0 Å². The summed E-state index contributed by atoms with van der Waals surface area (Å²) in [6.07, 6.45) is 3.30. The van der Waals surface area contributed by atoms with Crippen LogP contribution in [0.5, 0.6) is 0 Å². The van der Waals surface area contributed by atoms with Crippen molar-refractivity contribution in [2.24, 2.45) is 0 Å². The summed E-state index contributed by atoms with van der Waals surface area (Å²) in [7, 11) is 2.19. The predicted octanol–water partition coefficient (Wildman–Crippen LogP) is 6.26. The van der Waals surface area contributed by atoms with Gasteiger partial charge in [-0.1, -0.05) is 40.9 Å². The average Bonchev–Trinajstić information content (AvgIpc) is 2.90. The van der Waals surface area contributed by atoms with Gasteiger partial charge in [-0.15, -0.1) is 0 Å². The summed E-state index contributed by atoms with van der Waals surface area (Å²) in [5.74, 6) is 0. The Hall–Kier alpha value is -1.74. The minimum Gasteiger partial charge on any atom is -0.320 e. The van der Waals surface area contributed by atoms with Crippen molar-refractivity contribution < 1.29 is 0 Å². The molecule has 0 amide bonds. The number of allylic oxidation sites excluding steroid dienone is 1. The number of aromatic nitrogens is 1. The molecule has 3 aromatic rings. The van der Waals surface area contributed by atoms with Crippen molar-refractivity contribution in [3.63, 3.8) is 0 Å². The highest BCUT2D eigenvalue weighted by atomic mass is 35.5. The first-order valence-corrected chi connectivity index (χ1v) is 9.64. The van der Waals surface area contributed by atoms with Crippen molar-refractivity contribution in [3.05, 3.63) is 68.8 Å². The van der Waals surface area contributed by atoms with Gasteiger partial charge in [0, 0.05) is 36.8 Å². The van der Waals surface area contributed by atoms with Gasteiger partial charge in [0.05, 0.1) is 15.6 Å². The summed E-state index contributed by atoms with van der Waals surface area (Å²) in [4.78, 5) is 2.39. The highest BCUT2D eigenvalue weighted by Crippen LogP contribution is 2.33. The first-order chi connectivity index (χ1) is 12.4. The highest BCUT2D eigenvalue weighted by molar-refractivity contribution is 6.42. The number of fused-ring (bicyclic) bond motifs is 3. The third-order valence-corrected chi connectivity index (χ3v) is 5.97. The zero-order chi connectivity index (χ0) is 18.4. The summed E-state index contributed by atoms with van der Waals surface area (Å²) in [5, 5.41) is 2.55. The maximum Gasteiger partial charge on any atom is 0.0598 e. The second-order valence-electron chi connectivity index (χ2n) is 7.24. The van der Waals surface area contributed by atoms with Crippen LogP contribution in [0.25, 0.3) is 22.7 Å². The number of likely N-dealkylation sites (N-methyl/N-ethyl adjacent to an activating group) is 1. The fourth-order valence-electron chi connectivity index (χ4n) is 3.80. The molecule has 1 aliphatic heterocycles. The van der Waals surface area contributed by atoms with Gasteiger partial charge in [-0.05, 0) is 61.9 Å². The third kappa shape index (κ3) is 3.07. The Balaban J connectivity index is 1.89. The molecule has 0 saturated heterocycles. The lowest BCUT2D eigenvalue weighted by Crippen LogP contribution is -2.26. The third-order valence-electron chi connectivity index (χ3n) is 5.23. The fourth-order valence-corrected chi connectivity index (χ4v) is 4.10. The second kappa shape index (κ2) is 6.77. The summed E-state index contributed by atoms with van der Waals surface area (Å²) in [6, 6.07) is 12.6. The number of halogens is 2. The monoisotopic (exact) mass is 384 g/mol. The van der Waals surface area contributed by atoms with Crippen LogP contribution in [0.2, 0.25) is 10.0 Å². The summed E-state index contributed by atoms with van der Waals surface area (Å²) >= 11 is 12.3. The van der Waals surface area contributed by atoms with E-state index in [1.165, 1.54) is 33.3 Å². The molecule has 0 atom stereocenters. The molecule has 0 aliphatic carbocycles. The Bertz CT molecular complexity index is 1030. The lowest BCUT2D eigenvalue weighted by atomic mass is 10.0. The summed E-state index contributed by atoms with van der Waals surface area (Å²) in [5.41, 5.74) is 7.71. The van der Waals surface area contributed by atoms with E-state index in [-0.39, 0.29) is 0 Å². The van der Waals surface area contributed by atoms with Gasteiger partial charge in [0.25, 0.3) is 0 Å². The summed E-state index contributed by atoms with van der Waals surface area (Å²) in [6.45, 7) is 6.37. The fraction of sp³-hybridized carbons (Fsp3) is 0.273. The lowest BCUT2D eigenvalue weighted by molar-refractivity contribution is 0.312. The molecule has 2 heterocycles. The van der Waals surface area contributed by atoms with Crippen LogP contribution in [-0.2, 0) is 13.0 Å². The number of benzene rings is 2. The van der Waals surface area contributed by atoms with E-state index in [1.54, 1.807) is 0 Å². The SMILES string of the molecule is C/C(=C/n1c2c(c3cc(C)ccc31)CN(C)CC2)c1ccc(Cl)c(Cl)c1. The number of nitrogens with zero attached hydrogens (tertiary/aromatic N) is 2. The molecule has 2 nitrogen and oxygen atoms in total. The quantitative estimate of drug-likeness (QED) is 0.505. The average molecular weight is 385 g/mol. The molecule has 0 fully saturated rings. The van der Waals surface area contributed by atoms with E-state index in [2.05, 4.69) is 54.8 Å². The van der Waals surface area contributed by atoms with Crippen molar-refractivity contribution in [1.29, 1.82) is 0 Å². The van der Waals surface area contributed by atoms with Gasteiger partial charge in [0.1, 0.15) is 0 Å². The Morgan fingerprint density at radius 1 is 1.08 bits per heavy atom. The van der Waals surface area contributed by atoms with Crippen molar-refractivity contribution in [1.82, 2.24) is 9.47 Å². The number of aryl methyl sites for hydroxylation is 1. The van der Waals surface area contributed by atoms with Crippen LogP contribution in [0.1, 0.15) is 29.3 Å². The number of hydrogen-bond donors (Lipinski definition) is 0. The number of hydrogen-bond acceptors (Lipinski definition) is 1. The topological polar surface area (TPSA) is 8.17 Å². The molecule has 2 aromatic carbocycles. The molecule has 0 radical (unpaired) electrons. The minimum atomic E-state index is 0.588. The zero-order valence-corrected chi connectivity index (χ0v) is 16.8. The van der Waals surface area contributed by atoms with Crippen LogP contribution in [0.3, 0.4) is 0 Å². The molecule has 0 unspecified atom stereocenters. The maximum atomic E-state index is 6.21. The van der Waals surface area contributed by atoms with Gasteiger partial charge >= 0.3 is 0 Å². The van der Waals surface area contributed by atoms with E-state index in [9.17, 15) is 0 Å². The Morgan fingerprint density at radius 2 is 1.88 bits per heavy atom. The van der Waals surface area contributed by atoms with E-state index >= 15 is 0 Å². The first-order valence-electron chi connectivity index (χ1n) is 8.88. The Kier molecular flexibility index (Phi) is 4.60. The molecule has 26 heavy (non-hydrogen) atoms. The van der Waals surface area contributed by atoms with Crippen LogP contribution in [-0.4, -0.2) is 23.1 Å². The normalized spacial score (nSPS) is 15.5. The van der Waals surface area contributed by atoms with Gasteiger partial charge < -0.3 is 9.47 Å². The van der Waals surface area contributed by atoms with Crippen molar-refractivity contribution >= 4 is 45.9 Å². The molecular weight excluding hydrogens is 363 g/mol. The molecular formula is C22H22Cl2N2. The molecule has 0 saturated carbocycles. The molecule has 4 heteroatoms. The van der Waals surface area contributed by atoms with Crippen LogP contribution in [0.15, 0.2) is 36.4 Å². The van der Waals surface area contributed by atoms with Gasteiger partial charge in [0.2, 0.25) is 0 Å². The van der Waals surface area contributed by atoms with Crippen molar-refractivity contribution in [2.45, 2.75) is 26.8 Å². The lowest BCUT2D eigenvalue weighted by Gasteiger charge is -2.23. The van der Waals surface area contributed by atoms with Crippen molar-refractivity contribution in [3.8, 4) is 0 Å². The van der Waals surface area contributed by atoms with E-state index in [1.807, 2.05) is 18.2 Å². The van der Waals surface area contributed by atoms with E-state index in [0.717, 1.165) is 25.1 Å². The number of rotatable bonds is 2. The molecule has 1 aromatic heterocycles. The van der Waals surface area contributed by atoms with E-state index in [0.29, 0.717) is 10.0 Å². The van der Waals surface area contributed by atoms with E-state index < -0.39 is 0 Å². The maximum absolute atomic E-state index is 6.21. The molecule has 1 aliphatic rings. The molecule has 0 spiro atoms. The minimum absolute atomic E-state index is 0.588. The molecule has 0 N–H and O–H groups in total. The van der Waals surface area contributed by atoms with Crippen LogP contribution < -0.4 is 0 Å². The summed E-state index contributed by atoms with van der Waals surface area (Å²) < 4.78 is 2.37. The van der Waals surface area contributed by atoms with Crippen molar-refractivity contribution in [2.75, 3.05) is 13.6 Å². The predicted molar refractivity (Wildman–Crippen MR) is 113 cm³/mol. The standard InChI is InChI=1S/C22H22Cl2N2/c1-14-4-7-21-17(10-14)18-13-25(3)9-8-22(18)26(21)12-15(2)16-5-6-19(23)20(24)11-16/h4-7,10-12H,8-9,13H2,1-3H3/b15-12-. The Morgan fingerprint density at radius 3 is 2.65 bits per heavy atom. The van der Waals surface area contributed by atoms with Crippen LogP contribution in [0.4, 0.5) is 0 Å². The first kappa shape index (κ1) is 17.7. The largest absolute Gasteiger partial charge is 0.320 e. The van der Waals surface area contributed by atoms with Gasteiger partial charge in [-0.25, -0.2) is 0 Å². The smallest absolute Gasteiger partial charge is 0.0598 e. The van der Waals surface area contributed by atoms with E-state index in [4.69, 9.17) is 23.2 Å². The highest BCUT2D eigenvalue weighted by Gasteiger charge is 2.21. The molecule has 4 rings (SSSR count). The second-order valence-corrected chi connectivity index (χ2v) is 8.06.